The van der Waals surface area contributed by atoms with Gasteiger partial charge in [-0.3, -0.25) is 14.2 Å². The molecule has 0 unspecified atom stereocenters. The van der Waals surface area contributed by atoms with Gasteiger partial charge in [0.2, 0.25) is 5.91 Å². The fourth-order valence-electron chi connectivity index (χ4n) is 3.20. The third-order valence-corrected chi connectivity index (χ3v) is 4.95. The molecule has 11 heteroatoms. The second kappa shape index (κ2) is 9.78. The minimum atomic E-state index is -0.500. The molecule has 0 saturated heterocycles. The monoisotopic (exact) mass is 451 g/mol. The number of nitrogens with zero attached hydrogens (tertiary/aromatic N) is 5. The summed E-state index contributed by atoms with van der Waals surface area (Å²) < 4.78 is 16.8. The maximum atomic E-state index is 13.2. The Morgan fingerprint density at radius 1 is 1.27 bits per heavy atom. The van der Waals surface area contributed by atoms with Crippen molar-refractivity contribution in [2.45, 2.75) is 12.8 Å². The van der Waals surface area contributed by atoms with Crippen molar-refractivity contribution < 1.29 is 9.18 Å². The zero-order valence-corrected chi connectivity index (χ0v) is 18.1. The van der Waals surface area contributed by atoms with Crippen molar-refractivity contribution in [1.29, 1.82) is 5.26 Å². The number of benzene rings is 1. The fraction of sp³-hybridized carbons (Fsp3) is 0.227. The van der Waals surface area contributed by atoms with Crippen LogP contribution in [0.1, 0.15) is 23.2 Å². The first-order chi connectivity index (χ1) is 15.7. The summed E-state index contributed by atoms with van der Waals surface area (Å²) in [6, 6.07) is 7.60. The van der Waals surface area contributed by atoms with Gasteiger partial charge in [-0.25, -0.2) is 13.9 Å². The predicted molar refractivity (Wildman–Crippen MR) is 120 cm³/mol. The number of nitrogens with two attached hydrogens (primary N) is 1. The lowest BCUT2D eigenvalue weighted by molar-refractivity contribution is -0.116. The summed E-state index contributed by atoms with van der Waals surface area (Å²) >= 11 is 0. The molecule has 0 aliphatic carbocycles. The molecule has 170 valence electrons. The molecule has 3 rings (SSSR count). The van der Waals surface area contributed by atoms with E-state index in [9.17, 15) is 24.0 Å². The Bertz CT molecular complexity index is 1380. The summed E-state index contributed by atoms with van der Waals surface area (Å²) in [6.45, 7) is 0.294. The molecular weight excluding hydrogens is 429 g/mol. The van der Waals surface area contributed by atoms with Crippen LogP contribution < -0.4 is 22.3 Å². The Labute approximate surface area is 188 Å². The highest BCUT2D eigenvalue weighted by atomic mass is 19.1. The third-order valence-electron chi connectivity index (χ3n) is 4.95. The van der Waals surface area contributed by atoms with Crippen molar-refractivity contribution in [1.82, 2.24) is 24.2 Å². The van der Waals surface area contributed by atoms with Crippen molar-refractivity contribution in [3.05, 3.63) is 80.0 Å². The Morgan fingerprint density at radius 2 is 1.97 bits per heavy atom. The summed E-state index contributed by atoms with van der Waals surface area (Å²) in [7, 11) is 2.88. The number of carbonyl (C=O) groups excluding carboxylic acids is 1. The zero-order chi connectivity index (χ0) is 24.1. The Hall–Kier alpha value is -4.46. The van der Waals surface area contributed by atoms with Gasteiger partial charge in [0.25, 0.3) is 5.56 Å². The largest absolute Gasteiger partial charge is 0.382 e. The number of halogens is 1. The summed E-state index contributed by atoms with van der Waals surface area (Å²) in [6.07, 6.45) is 4.78. The van der Waals surface area contributed by atoms with E-state index in [4.69, 9.17) is 5.73 Å². The number of amides is 1. The number of rotatable bonds is 7. The standard InChI is InChI=1S/C22H22FN7O3/c1-28-13-14(21(32)29(2)22(28)33)5-10-19(31)26-11-3-4-18-17(12-24)20(25)30(27-18)16-8-6-15(23)7-9-16/h5-10,13H,3-4,11,25H2,1-2H3,(H,26,31)/b10-5+. The molecule has 2 heterocycles. The van der Waals surface area contributed by atoms with Crippen LogP contribution in [0.15, 0.2) is 46.1 Å². The lowest BCUT2D eigenvalue weighted by Crippen LogP contribution is -2.37. The molecule has 0 radical (unpaired) electrons. The van der Waals surface area contributed by atoms with Crippen LogP contribution >= 0.6 is 0 Å². The van der Waals surface area contributed by atoms with E-state index >= 15 is 0 Å². The van der Waals surface area contributed by atoms with E-state index in [1.807, 2.05) is 6.07 Å². The molecule has 0 fully saturated rings. The molecule has 33 heavy (non-hydrogen) atoms. The average molecular weight is 451 g/mol. The molecule has 0 saturated carbocycles. The van der Waals surface area contributed by atoms with Gasteiger partial charge in [0.1, 0.15) is 23.3 Å². The molecule has 0 bridgehead atoms. The number of hydrogen-bond donors (Lipinski definition) is 2. The van der Waals surface area contributed by atoms with Gasteiger partial charge in [0, 0.05) is 32.9 Å². The molecule has 3 N–H and O–H groups in total. The van der Waals surface area contributed by atoms with Gasteiger partial charge in [-0.1, -0.05) is 0 Å². The molecule has 0 atom stereocenters. The smallest absolute Gasteiger partial charge is 0.330 e. The molecule has 0 aliphatic rings. The summed E-state index contributed by atoms with van der Waals surface area (Å²) in [5, 5.41) is 16.5. The van der Waals surface area contributed by atoms with Crippen LogP contribution in [0.5, 0.6) is 0 Å². The number of nitriles is 1. The summed E-state index contributed by atoms with van der Waals surface area (Å²) in [4.78, 5) is 35.9. The van der Waals surface area contributed by atoms with Gasteiger partial charge in [0.05, 0.1) is 16.9 Å². The topological polar surface area (TPSA) is 141 Å². The van der Waals surface area contributed by atoms with Crippen molar-refractivity contribution in [2.75, 3.05) is 12.3 Å². The normalized spacial score (nSPS) is 11.0. The van der Waals surface area contributed by atoms with Crippen molar-refractivity contribution in [2.24, 2.45) is 14.1 Å². The van der Waals surface area contributed by atoms with Crippen LogP contribution in [0.3, 0.4) is 0 Å². The number of aromatic nitrogens is 4. The van der Waals surface area contributed by atoms with E-state index in [1.54, 1.807) is 0 Å². The predicted octanol–water partition coefficient (Wildman–Crippen LogP) is 0.625. The highest BCUT2D eigenvalue weighted by Crippen LogP contribution is 2.21. The van der Waals surface area contributed by atoms with Crippen LogP contribution in [0, 0.1) is 17.1 Å². The fourth-order valence-corrected chi connectivity index (χ4v) is 3.20. The van der Waals surface area contributed by atoms with Crippen LogP contribution in [-0.2, 0) is 25.3 Å². The van der Waals surface area contributed by atoms with Gasteiger partial charge in [-0.15, -0.1) is 0 Å². The van der Waals surface area contributed by atoms with Crippen molar-refractivity contribution in [3.63, 3.8) is 0 Å². The van der Waals surface area contributed by atoms with Crippen LogP contribution in [0.2, 0.25) is 0 Å². The number of nitrogens with one attached hydrogen (secondary N) is 1. The first-order valence-electron chi connectivity index (χ1n) is 9.99. The minimum Gasteiger partial charge on any atom is -0.382 e. The first kappa shape index (κ1) is 23.2. The summed E-state index contributed by atoms with van der Waals surface area (Å²) in [5.41, 5.74) is 6.51. The minimum absolute atomic E-state index is 0.157. The molecule has 2 aromatic heterocycles. The number of hydrogen-bond acceptors (Lipinski definition) is 6. The van der Waals surface area contributed by atoms with Gasteiger partial charge >= 0.3 is 5.69 Å². The van der Waals surface area contributed by atoms with Gasteiger partial charge < -0.3 is 15.6 Å². The average Bonchev–Trinajstić information content (AvgIpc) is 3.12. The molecule has 3 aromatic rings. The highest BCUT2D eigenvalue weighted by molar-refractivity contribution is 5.91. The summed E-state index contributed by atoms with van der Waals surface area (Å²) in [5.74, 6) is -0.653. The van der Waals surface area contributed by atoms with Crippen LogP contribution in [0.4, 0.5) is 10.2 Å². The SMILES string of the molecule is Cn1cc(/C=C/C(=O)NCCCc2nn(-c3ccc(F)cc3)c(N)c2C#N)c(=O)n(C)c1=O. The second-order valence-corrected chi connectivity index (χ2v) is 7.28. The Morgan fingerprint density at radius 3 is 2.64 bits per heavy atom. The number of aryl methyl sites for hydroxylation is 2. The van der Waals surface area contributed by atoms with E-state index in [-0.39, 0.29) is 16.9 Å². The number of anilines is 1. The number of nitrogen functional groups attached to an aromatic ring is 1. The van der Waals surface area contributed by atoms with Gasteiger partial charge in [0.15, 0.2) is 0 Å². The molecular formula is C22H22FN7O3. The lowest BCUT2D eigenvalue weighted by atomic mass is 10.1. The van der Waals surface area contributed by atoms with E-state index in [0.29, 0.717) is 30.8 Å². The quantitative estimate of drug-likeness (QED) is 0.399. The first-order valence-corrected chi connectivity index (χ1v) is 9.99. The van der Waals surface area contributed by atoms with E-state index in [2.05, 4.69) is 10.4 Å². The van der Waals surface area contributed by atoms with E-state index in [1.165, 1.54) is 66.0 Å². The van der Waals surface area contributed by atoms with Crippen LogP contribution in [0.25, 0.3) is 11.8 Å². The van der Waals surface area contributed by atoms with Crippen LogP contribution in [-0.4, -0.2) is 31.4 Å². The van der Waals surface area contributed by atoms with E-state index in [0.717, 1.165) is 4.57 Å². The Kier molecular flexibility index (Phi) is 6.88. The lowest BCUT2D eigenvalue weighted by Gasteiger charge is -2.04. The van der Waals surface area contributed by atoms with Crippen molar-refractivity contribution in [3.8, 4) is 11.8 Å². The van der Waals surface area contributed by atoms with E-state index < -0.39 is 23.0 Å². The highest BCUT2D eigenvalue weighted by Gasteiger charge is 2.16. The van der Waals surface area contributed by atoms with Gasteiger partial charge in [-0.2, -0.15) is 10.4 Å². The molecule has 0 spiro atoms. The maximum absolute atomic E-state index is 13.2. The molecule has 0 aliphatic heterocycles. The molecule has 1 amide bonds. The molecule has 1 aromatic carbocycles. The van der Waals surface area contributed by atoms with Gasteiger partial charge in [-0.05, 0) is 43.2 Å². The third kappa shape index (κ3) is 5.07. The number of carbonyl (C=O) groups is 1. The van der Waals surface area contributed by atoms with Crippen molar-refractivity contribution >= 4 is 17.8 Å². The maximum Gasteiger partial charge on any atom is 0.330 e. The second-order valence-electron chi connectivity index (χ2n) is 7.28. The zero-order valence-electron chi connectivity index (χ0n) is 18.1. The molecule has 10 nitrogen and oxygen atoms in total. The Balaban J connectivity index is 1.61.